The van der Waals surface area contributed by atoms with Gasteiger partial charge < -0.3 is 10.0 Å². The molecular formula is C12H13NO2. The van der Waals surface area contributed by atoms with Crippen LogP contribution in [0.3, 0.4) is 0 Å². The third-order valence-corrected chi connectivity index (χ3v) is 2.81. The molecule has 2 rings (SSSR count). The predicted octanol–water partition coefficient (Wildman–Crippen LogP) is 1.43. The number of hydrogen-bond donors (Lipinski definition) is 1. The summed E-state index contributed by atoms with van der Waals surface area (Å²) in [6.07, 6.45) is 1.81. The zero-order valence-corrected chi connectivity index (χ0v) is 8.60. The lowest BCUT2D eigenvalue weighted by Gasteiger charge is -2.19. The Bertz CT molecular complexity index is 427. The Morgan fingerprint density at radius 1 is 1.53 bits per heavy atom. The molecule has 0 radical (unpaired) electrons. The number of anilines is 1. The molecule has 15 heavy (non-hydrogen) atoms. The monoisotopic (exact) mass is 203 g/mol. The second-order valence-electron chi connectivity index (χ2n) is 3.73. The van der Waals surface area contributed by atoms with E-state index in [9.17, 15) is 9.90 Å². The number of likely N-dealkylation sites (N-methyl/N-ethyl adjacent to an activating group) is 1. The van der Waals surface area contributed by atoms with E-state index in [1.807, 2.05) is 18.2 Å². The summed E-state index contributed by atoms with van der Waals surface area (Å²) in [4.78, 5) is 13.4. The van der Waals surface area contributed by atoms with E-state index in [1.165, 1.54) is 4.90 Å². The Balaban J connectivity index is 2.60. The van der Waals surface area contributed by atoms with E-state index in [2.05, 4.69) is 6.58 Å². The first-order valence-electron chi connectivity index (χ1n) is 4.82. The lowest BCUT2D eigenvalue weighted by atomic mass is 9.92. The fourth-order valence-electron chi connectivity index (χ4n) is 2.02. The van der Waals surface area contributed by atoms with Gasteiger partial charge in [-0.1, -0.05) is 24.3 Å². The maximum Gasteiger partial charge on any atom is 0.263 e. The van der Waals surface area contributed by atoms with Crippen molar-refractivity contribution in [2.45, 2.75) is 12.0 Å². The van der Waals surface area contributed by atoms with Crippen molar-refractivity contribution in [2.75, 3.05) is 11.9 Å². The summed E-state index contributed by atoms with van der Waals surface area (Å²) in [6, 6.07) is 7.27. The lowest BCUT2D eigenvalue weighted by Crippen LogP contribution is -2.38. The number of rotatable bonds is 2. The minimum Gasteiger partial charge on any atom is -0.375 e. The highest BCUT2D eigenvalue weighted by Gasteiger charge is 2.47. The molecule has 1 aliphatic heterocycles. The molecule has 0 aliphatic carbocycles. The summed E-state index contributed by atoms with van der Waals surface area (Å²) in [7, 11) is 1.67. The Morgan fingerprint density at radius 2 is 2.20 bits per heavy atom. The highest BCUT2D eigenvalue weighted by Crippen LogP contribution is 2.41. The molecule has 0 fully saturated rings. The van der Waals surface area contributed by atoms with E-state index in [4.69, 9.17) is 0 Å². The normalized spacial score (nSPS) is 24.1. The molecule has 3 heteroatoms. The van der Waals surface area contributed by atoms with Crippen LogP contribution in [0.1, 0.15) is 12.0 Å². The molecule has 1 N–H and O–H groups in total. The van der Waals surface area contributed by atoms with Gasteiger partial charge in [0.1, 0.15) is 0 Å². The Labute approximate surface area is 88.6 Å². The summed E-state index contributed by atoms with van der Waals surface area (Å²) in [6.45, 7) is 3.57. The number of hydrogen-bond acceptors (Lipinski definition) is 2. The molecule has 0 bridgehead atoms. The van der Waals surface area contributed by atoms with Crippen LogP contribution in [0.15, 0.2) is 36.9 Å². The van der Waals surface area contributed by atoms with E-state index < -0.39 is 5.60 Å². The minimum absolute atomic E-state index is 0.243. The molecule has 1 unspecified atom stereocenters. The minimum atomic E-state index is -1.42. The SMILES string of the molecule is C=CCC1(O)C(=O)N(C)c2ccccc21. The zero-order chi connectivity index (χ0) is 11.1. The standard InChI is InChI=1S/C12H13NO2/c1-3-8-12(15)9-6-4-5-7-10(9)13(2)11(12)14/h3-7,15H,1,8H2,2H3. The Hall–Kier alpha value is -1.61. The van der Waals surface area contributed by atoms with Crippen LogP contribution in [0, 0.1) is 0 Å². The van der Waals surface area contributed by atoms with Gasteiger partial charge in [-0.3, -0.25) is 4.79 Å². The van der Waals surface area contributed by atoms with Crippen molar-refractivity contribution < 1.29 is 9.90 Å². The second-order valence-corrected chi connectivity index (χ2v) is 3.73. The van der Waals surface area contributed by atoms with Crippen molar-refractivity contribution in [3.05, 3.63) is 42.5 Å². The van der Waals surface area contributed by atoms with Gasteiger partial charge in [0, 0.05) is 19.0 Å². The number of para-hydroxylation sites is 1. The van der Waals surface area contributed by atoms with Crippen LogP contribution in [0.5, 0.6) is 0 Å². The van der Waals surface area contributed by atoms with Gasteiger partial charge in [0.15, 0.2) is 5.60 Å². The smallest absolute Gasteiger partial charge is 0.263 e. The molecule has 1 amide bonds. The van der Waals surface area contributed by atoms with E-state index in [-0.39, 0.29) is 12.3 Å². The van der Waals surface area contributed by atoms with Gasteiger partial charge in [-0.2, -0.15) is 0 Å². The third kappa shape index (κ3) is 1.20. The fourth-order valence-corrected chi connectivity index (χ4v) is 2.02. The van der Waals surface area contributed by atoms with Crippen molar-refractivity contribution in [2.24, 2.45) is 0 Å². The maximum atomic E-state index is 11.9. The first kappa shape index (κ1) is 9.93. The number of nitrogens with zero attached hydrogens (tertiary/aromatic N) is 1. The van der Waals surface area contributed by atoms with Crippen LogP contribution < -0.4 is 4.90 Å². The van der Waals surface area contributed by atoms with Crippen LogP contribution in [0.4, 0.5) is 5.69 Å². The molecule has 1 aromatic carbocycles. The van der Waals surface area contributed by atoms with Gasteiger partial charge >= 0.3 is 0 Å². The largest absolute Gasteiger partial charge is 0.375 e. The van der Waals surface area contributed by atoms with Crippen molar-refractivity contribution in [3.63, 3.8) is 0 Å². The quantitative estimate of drug-likeness (QED) is 0.738. The molecule has 1 heterocycles. The van der Waals surface area contributed by atoms with Gasteiger partial charge in [-0.15, -0.1) is 6.58 Å². The number of carbonyl (C=O) groups is 1. The molecule has 1 aromatic rings. The molecule has 0 saturated carbocycles. The molecule has 1 aliphatic rings. The summed E-state index contributed by atoms with van der Waals surface area (Å²) in [5, 5.41) is 10.3. The number of aliphatic hydroxyl groups is 1. The second kappa shape index (κ2) is 3.21. The fraction of sp³-hybridized carbons (Fsp3) is 0.250. The molecule has 0 saturated heterocycles. The van der Waals surface area contributed by atoms with E-state index >= 15 is 0 Å². The Kier molecular flexibility index (Phi) is 2.12. The topological polar surface area (TPSA) is 40.5 Å². The van der Waals surface area contributed by atoms with Gasteiger partial charge in [-0.05, 0) is 6.07 Å². The van der Waals surface area contributed by atoms with Gasteiger partial charge in [-0.25, -0.2) is 0 Å². The molecule has 3 nitrogen and oxygen atoms in total. The zero-order valence-electron chi connectivity index (χ0n) is 8.60. The van der Waals surface area contributed by atoms with Gasteiger partial charge in [0.2, 0.25) is 0 Å². The maximum absolute atomic E-state index is 11.9. The first-order valence-corrected chi connectivity index (χ1v) is 4.82. The van der Waals surface area contributed by atoms with Crippen LogP contribution in [-0.4, -0.2) is 18.1 Å². The third-order valence-electron chi connectivity index (χ3n) is 2.81. The molecular weight excluding hydrogens is 190 g/mol. The van der Waals surface area contributed by atoms with E-state index in [0.29, 0.717) is 5.56 Å². The summed E-state index contributed by atoms with van der Waals surface area (Å²) < 4.78 is 0. The molecule has 0 aromatic heterocycles. The van der Waals surface area contributed by atoms with Crippen LogP contribution in [0.25, 0.3) is 0 Å². The molecule has 0 spiro atoms. The summed E-state index contributed by atoms with van der Waals surface area (Å²) >= 11 is 0. The van der Waals surface area contributed by atoms with Gasteiger partial charge in [0.05, 0.1) is 5.69 Å². The van der Waals surface area contributed by atoms with Crippen molar-refractivity contribution >= 4 is 11.6 Å². The first-order chi connectivity index (χ1) is 7.11. The predicted molar refractivity (Wildman–Crippen MR) is 58.6 cm³/mol. The van der Waals surface area contributed by atoms with Crippen LogP contribution in [0.2, 0.25) is 0 Å². The van der Waals surface area contributed by atoms with Crippen LogP contribution in [-0.2, 0) is 10.4 Å². The van der Waals surface area contributed by atoms with Gasteiger partial charge in [0.25, 0.3) is 5.91 Å². The van der Waals surface area contributed by atoms with Crippen molar-refractivity contribution in [1.82, 2.24) is 0 Å². The number of amides is 1. The molecule has 78 valence electrons. The van der Waals surface area contributed by atoms with Crippen LogP contribution >= 0.6 is 0 Å². The average Bonchev–Trinajstić information content (AvgIpc) is 2.43. The number of fused-ring (bicyclic) bond motifs is 1. The highest BCUT2D eigenvalue weighted by molar-refractivity contribution is 6.06. The van der Waals surface area contributed by atoms with E-state index in [0.717, 1.165) is 5.69 Å². The summed E-state index contributed by atoms with van der Waals surface area (Å²) in [5.41, 5.74) is 0.0110. The lowest BCUT2D eigenvalue weighted by molar-refractivity contribution is -0.135. The Morgan fingerprint density at radius 3 is 2.87 bits per heavy atom. The van der Waals surface area contributed by atoms with Crippen molar-refractivity contribution in [3.8, 4) is 0 Å². The van der Waals surface area contributed by atoms with Crippen molar-refractivity contribution in [1.29, 1.82) is 0 Å². The molecule has 1 atom stereocenters. The average molecular weight is 203 g/mol. The highest BCUT2D eigenvalue weighted by atomic mass is 16.3. The number of benzene rings is 1. The number of carbonyl (C=O) groups excluding carboxylic acids is 1. The summed E-state index contributed by atoms with van der Waals surface area (Å²) in [5.74, 6) is -0.288. The van der Waals surface area contributed by atoms with E-state index in [1.54, 1.807) is 19.2 Å².